The van der Waals surface area contributed by atoms with Gasteiger partial charge in [-0.15, -0.1) is 0 Å². The van der Waals surface area contributed by atoms with E-state index in [0.717, 1.165) is 0 Å². The molecule has 3 rings (SSSR count). The van der Waals surface area contributed by atoms with E-state index in [1.54, 1.807) is 28.0 Å². The van der Waals surface area contributed by atoms with E-state index in [9.17, 15) is 14.7 Å². The summed E-state index contributed by atoms with van der Waals surface area (Å²) in [6, 6.07) is 7.91. The Morgan fingerprint density at radius 3 is 2.21 bits per heavy atom. The van der Waals surface area contributed by atoms with Crippen molar-refractivity contribution in [3.05, 3.63) is 53.5 Å². The molecule has 126 valence electrons. The van der Waals surface area contributed by atoms with Gasteiger partial charge in [-0.25, -0.2) is 0 Å². The summed E-state index contributed by atoms with van der Waals surface area (Å²) in [6.45, 7) is 2.04. The standard InChI is InChI=1S/C17H19N3O4/c18-10-15-9-13(11-24-15)17(23)20-6-4-19(5-7-20)16(22)12-2-1-3-14(21)8-12/h1-3,8-9,11,21H,4-7,10,18H2. The van der Waals surface area contributed by atoms with Crippen molar-refractivity contribution >= 4 is 11.8 Å². The highest BCUT2D eigenvalue weighted by Crippen LogP contribution is 2.16. The van der Waals surface area contributed by atoms with Gasteiger partial charge in [-0.3, -0.25) is 9.59 Å². The van der Waals surface area contributed by atoms with Gasteiger partial charge in [0.2, 0.25) is 0 Å². The first-order valence-electron chi connectivity index (χ1n) is 7.73. The second kappa shape index (κ2) is 6.76. The minimum Gasteiger partial charge on any atom is -0.508 e. The average molecular weight is 329 g/mol. The number of amides is 2. The van der Waals surface area contributed by atoms with Gasteiger partial charge in [0.05, 0.1) is 12.1 Å². The first kappa shape index (κ1) is 16.1. The fraction of sp³-hybridized carbons (Fsp3) is 0.294. The molecule has 1 aromatic carbocycles. The molecule has 7 heteroatoms. The van der Waals surface area contributed by atoms with Crippen molar-refractivity contribution in [3.63, 3.8) is 0 Å². The number of phenols is 1. The average Bonchev–Trinajstić information content (AvgIpc) is 3.10. The number of nitrogens with two attached hydrogens (primary N) is 1. The lowest BCUT2D eigenvalue weighted by Crippen LogP contribution is -2.50. The van der Waals surface area contributed by atoms with Crippen LogP contribution in [0.5, 0.6) is 5.75 Å². The molecule has 7 nitrogen and oxygen atoms in total. The second-order valence-electron chi connectivity index (χ2n) is 5.64. The number of phenolic OH excluding ortho intramolecular Hbond substituents is 1. The molecular weight excluding hydrogens is 310 g/mol. The Kier molecular flexibility index (Phi) is 4.52. The van der Waals surface area contributed by atoms with E-state index in [0.29, 0.717) is 43.1 Å². The van der Waals surface area contributed by atoms with Gasteiger partial charge in [0.25, 0.3) is 11.8 Å². The van der Waals surface area contributed by atoms with Gasteiger partial charge in [-0.2, -0.15) is 0 Å². The number of carbonyl (C=O) groups excluding carboxylic acids is 2. The minimum absolute atomic E-state index is 0.0605. The lowest BCUT2D eigenvalue weighted by atomic mass is 10.1. The minimum atomic E-state index is -0.147. The molecule has 1 aliphatic rings. The molecule has 2 heterocycles. The summed E-state index contributed by atoms with van der Waals surface area (Å²) in [5.74, 6) is 0.357. The fourth-order valence-corrected chi connectivity index (χ4v) is 2.72. The lowest BCUT2D eigenvalue weighted by molar-refractivity contribution is 0.0535. The van der Waals surface area contributed by atoms with E-state index in [-0.39, 0.29) is 24.1 Å². The first-order valence-corrected chi connectivity index (χ1v) is 7.73. The molecule has 1 saturated heterocycles. The van der Waals surface area contributed by atoms with E-state index in [2.05, 4.69) is 0 Å². The zero-order valence-corrected chi connectivity index (χ0v) is 13.1. The number of benzene rings is 1. The van der Waals surface area contributed by atoms with E-state index >= 15 is 0 Å². The Labute approximate surface area is 139 Å². The van der Waals surface area contributed by atoms with Crippen molar-refractivity contribution < 1.29 is 19.1 Å². The maximum absolute atomic E-state index is 12.4. The molecule has 0 bridgehead atoms. The smallest absolute Gasteiger partial charge is 0.257 e. The van der Waals surface area contributed by atoms with Crippen molar-refractivity contribution in [1.82, 2.24) is 9.80 Å². The van der Waals surface area contributed by atoms with Crippen molar-refractivity contribution in [2.75, 3.05) is 26.2 Å². The maximum Gasteiger partial charge on any atom is 0.257 e. The van der Waals surface area contributed by atoms with Gasteiger partial charge in [0, 0.05) is 31.7 Å². The Morgan fingerprint density at radius 1 is 1.04 bits per heavy atom. The largest absolute Gasteiger partial charge is 0.508 e. The van der Waals surface area contributed by atoms with Gasteiger partial charge in [0.15, 0.2) is 0 Å². The second-order valence-corrected chi connectivity index (χ2v) is 5.64. The molecular formula is C17H19N3O4. The highest BCUT2D eigenvalue weighted by Gasteiger charge is 2.26. The third-order valence-corrected chi connectivity index (χ3v) is 4.05. The first-order chi connectivity index (χ1) is 11.6. The molecule has 24 heavy (non-hydrogen) atoms. The highest BCUT2D eigenvalue weighted by atomic mass is 16.3. The van der Waals surface area contributed by atoms with E-state index in [4.69, 9.17) is 10.2 Å². The molecule has 0 unspecified atom stereocenters. The molecule has 0 atom stereocenters. The molecule has 1 fully saturated rings. The molecule has 0 radical (unpaired) electrons. The summed E-state index contributed by atoms with van der Waals surface area (Å²) in [7, 11) is 0. The van der Waals surface area contributed by atoms with Crippen LogP contribution in [0.2, 0.25) is 0 Å². The van der Waals surface area contributed by atoms with Gasteiger partial charge in [-0.05, 0) is 24.3 Å². The van der Waals surface area contributed by atoms with Gasteiger partial charge in [0.1, 0.15) is 17.8 Å². The fourth-order valence-electron chi connectivity index (χ4n) is 2.72. The van der Waals surface area contributed by atoms with E-state index in [1.807, 2.05) is 0 Å². The van der Waals surface area contributed by atoms with Crippen LogP contribution in [-0.4, -0.2) is 52.9 Å². The summed E-state index contributed by atoms with van der Waals surface area (Å²) in [4.78, 5) is 28.2. The topological polar surface area (TPSA) is 100 Å². The van der Waals surface area contributed by atoms with Crippen LogP contribution in [0.4, 0.5) is 0 Å². The van der Waals surface area contributed by atoms with Crippen LogP contribution < -0.4 is 5.73 Å². The number of carbonyl (C=O) groups is 2. The zero-order valence-electron chi connectivity index (χ0n) is 13.1. The van der Waals surface area contributed by atoms with Crippen LogP contribution in [-0.2, 0) is 6.54 Å². The number of piperazine rings is 1. The zero-order chi connectivity index (χ0) is 17.1. The van der Waals surface area contributed by atoms with Crippen LogP contribution in [0, 0.1) is 0 Å². The normalized spacial score (nSPS) is 14.7. The Balaban J connectivity index is 1.61. The van der Waals surface area contributed by atoms with Crippen molar-refractivity contribution in [1.29, 1.82) is 0 Å². The van der Waals surface area contributed by atoms with Gasteiger partial charge in [-0.1, -0.05) is 6.07 Å². The lowest BCUT2D eigenvalue weighted by Gasteiger charge is -2.34. The van der Waals surface area contributed by atoms with E-state index in [1.165, 1.54) is 18.4 Å². The predicted octanol–water partition coefficient (Wildman–Crippen LogP) is 1.04. The van der Waals surface area contributed by atoms with Crippen molar-refractivity contribution in [2.24, 2.45) is 5.73 Å². The highest BCUT2D eigenvalue weighted by molar-refractivity contribution is 5.96. The van der Waals surface area contributed by atoms with Crippen molar-refractivity contribution in [2.45, 2.75) is 6.54 Å². The Morgan fingerprint density at radius 2 is 1.67 bits per heavy atom. The van der Waals surface area contributed by atoms with Crippen LogP contribution in [0.25, 0.3) is 0 Å². The monoisotopic (exact) mass is 329 g/mol. The third kappa shape index (κ3) is 3.26. The summed E-state index contributed by atoms with van der Waals surface area (Å²) < 4.78 is 5.19. The molecule has 3 N–H and O–H groups in total. The summed E-state index contributed by atoms with van der Waals surface area (Å²) in [5.41, 5.74) is 6.40. The summed E-state index contributed by atoms with van der Waals surface area (Å²) in [6.07, 6.45) is 1.41. The van der Waals surface area contributed by atoms with Crippen LogP contribution in [0.3, 0.4) is 0 Å². The van der Waals surface area contributed by atoms with Crippen LogP contribution in [0.1, 0.15) is 26.5 Å². The number of nitrogens with zero attached hydrogens (tertiary/aromatic N) is 2. The quantitative estimate of drug-likeness (QED) is 0.876. The molecule has 0 saturated carbocycles. The molecule has 1 aliphatic heterocycles. The third-order valence-electron chi connectivity index (χ3n) is 4.05. The molecule has 1 aromatic heterocycles. The molecule has 2 aromatic rings. The van der Waals surface area contributed by atoms with Crippen molar-refractivity contribution in [3.8, 4) is 5.75 Å². The molecule has 2 amide bonds. The number of furan rings is 1. The number of rotatable bonds is 3. The molecule has 0 spiro atoms. The number of hydrogen-bond donors (Lipinski definition) is 2. The number of hydrogen-bond acceptors (Lipinski definition) is 5. The summed E-state index contributed by atoms with van der Waals surface area (Å²) >= 11 is 0. The van der Waals surface area contributed by atoms with Crippen LogP contribution in [0.15, 0.2) is 41.0 Å². The number of aromatic hydroxyl groups is 1. The van der Waals surface area contributed by atoms with Gasteiger partial charge < -0.3 is 25.1 Å². The maximum atomic E-state index is 12.4. The van der Waals surface area contributed by atoms with Gasteiger partial charge >= 0.3 is 0 Å². The molecule has 0 aliphatic carbocycles. The SMILES string of the molecule is NCc1cc(C(=O)N2CCN(C(=O)c3cccc(O)c3)CC2)co1. The predicted molar refractivity (Wildman–Crippen MR) is 86.5 cm³/mol. The van der Waals surface area contributed by atoms with E-state index < -0.39 is 0 Å². The summed E-state index contributed by atoms with van der Waals surface area (Å²) in [5, 5.41) is 9.48. The van der Waals surface area contributed by atoms with Crippen LogP contribution >= 0.6 is 0 Å². The Hall–Kier alpha value is -2.80. The Bertz CT molecular complexity index is 748.